The summed E-state index contributed by atoms with van der Waals surface area (Å²) in [5, 5.41) is 12.4. The van der Waals surface area contributed by atoms with Crippen LogP contribution in [0.15, 0.2) is 48.5 Å². The Morgan fingerprint density at radius 2 is 1.81 bits per heavy atom. The number of carbonyl (C=O) groups is 2. The number of likely N-dealkylation sites (tertiary alicyclic amines) is 1. The normalized spacial score (nSPS) is 14.9. The molecule has 0 unspecified atom stereocenters. The van der Waals surface area contributed by atoms with E-state index < -0.39 is 11.8 Å². The standard InChI is InChI=1S/C21H24N2O3/c1-15-7-8-18(19(24)13-15)22-20(25)21(26)23-11-9-17(10-12-23)14-16-5-3-2-4-6-16/h2-8,13,17,24H,9-12,14H2,1H3,(H,22,25). The predicted molar refractivity (Wildman–Crippen MR) is 101 cm³/mol. The van der Waals surface area contributed by atoms with Crippen LogP contribution in [-0.2, 0) is 16.0 Å². The zero-order valence-corrected chi connectivity index (χ0v) is 14.9. The van der Waals surface area contributed by atoms with Crippen molar-refractivity contribution < 1.29 is 14.7 Å². The number of hydrogen-bond donors (Lipinski definition) is 2. The lowest BCUT2D eigenvalue weighted by Crippen LogP contribution is -2.44. The minimum absolute atomic E-state index is 0.0345. The highest BCUT2D eigenvalue weighted by Gasteiger charge is 2.27. The number of anilines is 1. The molecule has 1 heterocycles. The maximum Gasteiger partial charge on any atom is 0.314 e. The van der Waals surface area contributed by atoms with E-state index in [4.69, 9.17) is 0 Å². The molecule has 0 radical (unpaired) electrons. The van der Waals surface area contributed by atoms with Crippen LogP contribution < -0.4 is 5.32 Å². The lowest BCUT2D eigenvalue weighted by Gasteiger charge is -2.31. The van der Waals surface area contributed by atoms with Crippen molar-refractivity contribution in [1.29, 1.82) is 0 Å². The van der Waals surface area contributed by atoms with E-state index >= 15 is 0 Å². The monoisotopic (exact) mass is 352 g/mol. The predicted octanol–water partition coefficient (Wildman–Crippen LogP) is 3.12. The Balaban J connectivity index is 1.52. The second-order valence-electron chi connectivity index (χ2n) is 6.90. The summed E-state index contributed by atoms with van der Waals surface area (Å²) in [5.41, 5.74) is 2.45. The molecule has 1 aliphatic heterocycles. The maximum atomic E-state index is 12.4. The molecular weight excluding hydrogens is 328 g/mol. The molecule has 136 valence electrons. The van der Waals surface area contributed by atoms with E-state index in [9.17, 15) is 14.7 Å². The Morgan fingerprint density at radius 3 is 2.46 bits per heavy atom. The van der Waals surface area contributed by atoms with Gasteiger partial charge in [-0.05, 0) is 55.4 Å². The topological polar surface area (TPSA) is 69.6 Å². The van der Waals surface area contributed by atoms with Gasteiger partial charge >= 0.3 is 11.8 Å². The fourth-order valence-corrected chi connectivity index (χ4v) is 3.35. The molecule has 0 bridgehead atoms. The quantitative estimate of drug-likeness (QED) is 0.659. The fourth-order valence-electron chi connectivity index (χ4n) is 3.35. The Bertz CT molecular complexity index is 781. The molecule has 26 heavy (non-hydrogen) atoms. The molecule has 3 rings (SSSR count). The molecule has 1 saturated heterocycles. The highest BCUT2D eigenvalue weighted by molar-refractivity contribution is 6.39. The lowest BCUT2D eigenvalue weighted by atomic mass is 9.90. The van der Waals surface area contributed by atoms with Gasteiger partial charge in [0.2, 0.25) is 0 Å². The number of aryl methyl sites for hydroxylation is 1. The number of hydrogen-bond acceptors (Lipinski definition) is 3. The molecular formula is C21H24N2O3. The van der Waals surface area contributed by atoms with Gasteiger partial charge in [0.1, 0.15) is 5.75 Å². The molecule has 2 amide bonds. The maximum absolute atomic E-state index is 12.4. The number of aromatic hydroxyl groups is 1. The van der Waals surface area contributed by atoms with Crippen molar-refractivity contribution in [2.45, 2.75) is 26.2 Å². The highest BCUT2D eigenvalue weighted by Crippen LogP contribution is 2.25. The number of amides is 2. The van der Waals surface area contributed by atoms with E-state index in [0.29, 0.717) is 19.0 Å². The van der Waals surface area contributed by atoms with E-state index in [1.54, 1.807) is 23.1 Å². The zero-order valence-electron chi connectivity index (χ0n) is 14.9. The SMILES string of the molecule is Cc1ccc(NC(=O)C(=O)N2CCC(Cc3ccccc3)CC2)c(O)c1. The molecule has 0 aliphatic carbocycles. The van der Waals surface area contributed by atoms with E-state index in [1.807, 2.05) is 25.1 Å². The van der Waals surface area contributed by atoms with Gasteiger partial charge in [-0.15, -0.1) is 0 Å². The van der Waals surface area contributed by atoms with Crippen molar-refractivity contribution in [3.63, 3.8) is 0 Å². The first kappa shape index (κ1) is 18.0. The van der Waals surface area contributed by atoms with E-state index in [1.165, 1.54) is 5.56 Å². The van der Waals surface area contributed by atoms with Gasteiger partial charge in [-0.25, -0.2) is 0 Å². The smallest absolute Gasteiger partial charge is 0.314 e. The van der Waals surface area contributed by atoms with E-state index in [0.717, 1.165) is 24.8 Å². The fraction of sp³-hybridized carbons (Fsp3) is 0.333. The molecule has 2 N–H and O–H groups in total. The molecule has 2 aromatic carbocycles. The first-order valence-corrected chi connectivity index (χ1v) is 8.96. The van der Waals surface area contributed by atoms with Gasteiger partial charge in [0.25, 0.3) is 0 Å². The average molecular weight is 352 g/mol. The first-order valence-electron chi connectivity index (χ1n) is 8.96. The van der Waals surface area contributed by atoms with Crippen molar-refractivity contribution in [3.05, 3.63) is 59.7 Å². The summed E-state index contributed by atoms with van der Waals surface area (Å²) in [6.07, 6.45) is 2.79. The third kappa shape index (κ3) is 4.42. The second kappa shape index (κ2) is 8.04. The second-order valence-corrected chi connectivity index (χ2v) is 6.90. The molecule has 5 heteroatoms. The molecule has 2 aromatic rings. The van der Waals surface area contributed by atoms with Gasteiger partial charge in [-0.1, -0.05) is 36.4 Å². The van der Waals surface area contributed by atoms with Crippen LogP contribution in [0.2, 0.25) is 0 Å². The molecule has 0 saturated carbocycles. The van der Waals surface area contributed by atoms with Crippen molar-refractivity contribution >= 4 is 17.5 Å². The largest absolute Gasteiger partial charge is 0.506 e. The summed E-state index contributed by atoms with van der Waals surface area (Å²) in [6.45, 7) is 3.02. The lowest BCUT2D eigenvalue weighted by molar-refractivity contribution is -0.144. The summed E-state index contributed by atoms with van der Waals surface area (Å²) in [4.78, 5) is 26.2. The van der Waals surface area contributed by atoms with Gasteiger partial charge in [-0.3, -0.25) is 9.59 Å². The zero-order chi connectivity index (χ0) is 18.5. The number of carbonyl (C=O) groups excluding carboxylic acids is 2. The van der Waals surface area contributed by atoms with Crippen molar-refractivity contribution in [3.8, 4) is 5.75 Å². The number of piperidine rings is 1. The molecule has 0 spiro atoms. The number of phenolic OH excluding ortho intramolecular Hbond substituents is 1. The van der Waals surface area contributed by atoms with Gasteiger partial charge in [0.05, 0.1) is 5.69 Å². The summed E-state index contributed by atoms with van der Waals surface area (Å²) >= 11 is 0. The van der Waals surface area contributed by atoms with Crippen molar-refractivity contribution in [1.82, 2.24) is 4.90 Å². The summed E-state index contributed by atoms with van der Waals surface area (Å²) in [5.74, 6) is -0.743. The van der Waals surface area contributed by atoms with Crippen LogP contribution in [-0.4, -0.2) is 34.9 Å². The molecule has 1 aliphatic rings. The van der Waals surface area contributed by atoms with Crippen molar-refractivity contribution in [2.24, 2.45) is 5.92 Å². The minimum Gasteiger partial charge on any atom is -0.506 e. The van der Waals surface area contributed by atoms with Crippen LogP contribution in [0.25, 0.3) is 0 Å². The summed E-state index contributed by atoms with van der Waals surface area (Å²) in [7, 11) is 0. The van der Waals surface area contributed by atoms with E-state index in [-0.39, 0.29) is 11.4 Å². The Hall–Kier alpha value is -2.82. The number of nitrogens with zero attached hydrogens (tertiary/aromatic N) is 1. The number of benzene rings is 2. The van der Waals surface area contributed by atoms with Crippen LogP contribution in [0, 0.1) is 12.8 Å². The van der Waals surface area contributed by atoms with Crippen LogP contribution in [0.4, 0.5) is 5.69 Å². The van der Waals surface area contributed by atoms with Gasteiger partial charge in [0, 0.05) is 13.1 Å². The Morgan fingerprint density at radius 1 is 1.12 bits per heavy atom. The van der Waals surface area contributed by atoms with Gasteiger partial charge in [-0.2, -0.15) is 0 Å². The minimum atomic E-state index is -0.703. The average Bonchev–Trinajstić information content (AvgIpc) is 2.65. The van der Waals surface area contributed by atoms with Crippen LogP contribution in [0.1, 0.15) is 24.0 Å². The van der Waals surface area contributed by atoms with E-state index in [2.05, 4.69) is 17.4 Å². The Kier molecular flexibility index (Phi) is 5.56. The molecule has 5 nitrogen and oxygen atoms in total. The molecule has 0 atom stereocenters. The first-order chi connectivity index (χ1) is 12.5. The van der Waals surface area contributed by atoms with Crippen LogP contribution in [0.3, 0.4) is 0 Å². The number of phenols is 1. The summed E-state index contributed by atoms with van der Waals surface area (Å²) < 4.78 is 0. The number of rotatable bonds is 3. The third-order valence-corrected chi connectivity index (χ3v) is 4.86. The van der Waals surface area contributed by atoms with Crippen LogP contribution >= 0.6 is 0 Å². The van der Waals surface area contributed by atoms with Crippen LogP contribution in [0.5, 0.6) is 5.75 Å². The summed E-state index contributed by atoms with van der Waals surface area (Å²) in [6, 6.07) is 15.3. The van der Waals surface area contributed by atoms with Gasteiger partial charge < -0.3 is 15.3 Å². The van der Waals surface area contributed by atoms with Crippen molar-refractivity contribution in [2.75, 3.05) is 18.4 Å². The Labute approximate surface area is 153 Å². The highest BCUT2D eigenvalue weighted by atomic mass is 16.3. The number of nitrogens with one attached hydrogen (secondary N) is 1. The molecule has 1 fully saturated rings. The third-order valence-electron chi connectivity index (χ3n) is 4.86. The van der Waals surface area contributed by atoms with Gasteiger partial charge in [0.15, 0.2) is 0 Å². The molecule has 0 aromatic heterocycles.